The number of aryl methyl sites for hydroxylation is 1. The van der Waals surface area contributed by atoms with Crippen LogP contribution in [0.4, 0.5) is 10.8 Å². The average Bonchev–Trinajstić information content (AvgIpc) is 3.08. The van der Waals surface area contributed by atoms with E-state index in [4.69, 9.17) is 27.9 Å². The van der Waals surface area contributed by atoms with E-state index >= 15 is 0 Å². The van der Waals surface area contributed by atoms with Gasteiger partial charge in [0.15, 0.2) is 5.13 Å². The monoisotopic (exact) mass is 420 g/mol. The topological polar surface area (TPSA) is 42.4 Å². The SMILES string of the molecule is CCc1ccccc1N(C(C)=O)c1nc(COc2cc(Cl)cc(Cl)c2)cs1. The van der Waals surface area contributed by atoms with Crippen LogP contribution in [0, 0.1) is 0 Å². The first-order valence-electron chi connectivity index (χ1n) is 8.40. The number of anilines is 2. The zero-order valence-corrected chi connectivity index (χ0v) is 17.2. The van der Waals surface area contributed by atoms with E-state index in [2.05, 4.69) is 11.9 Å². The third kappa shape index (κ3) is 4.80. The van der Waals surface area contributed by atoms with Crippen LogP contribution in [0.3, 0.4) is 0 Å². The third-order valence-corrected chi connectivity index (χ3v) is 5.19. The molecular formula is C20H18Cl2N2O2S. The Balaban J connectivity index is 1.81. The number of benzene rings is 2. The molecule has 140 valence electrons. The highest BCUT2D eigenvalue weighted by Crippen LogP contribution is 2.32. The second-order valence-electron chi connectivity index (χ2n) is 5.85. The fourth-order valence-corrected chi connectivity index (χ4v) is 4.04. The lowest BCUT2D eigenvalue weighted by Gasteiger charge is -2.21. The third-order valence-electron chi connectivity index (χ3n) is 3.88. The van der Waals surface area contributed by atoms with Crippen molar-refractivity contribution in [3.63, 3.8) is 0 Å². The number of nitrogens with zero attached hydrogens (tertiary/aromatic N) is 2. The summed E-state index contributed by atoms with van der Waals surface area (Å²) in [7, 11) is 0. The minimum absolute atomic E-state index is 0.0839. The van der Waals surface area contributed by atoms with Crippen molar-refractivity contribution in [1.82, 2.24) is 4.98 Å². The molecule has 0 aliphatic heterocycles. The van der Waals surface area contributed by atoms with Crippen LogP contribution in [0.1, 0.15) is 25.1 Å². The molecule has 0 radical (unpaired) electrons. The molecule has 1 aromatic heterocycles. The van der Waals surface area contributed by atoms with Gasteiger partial charge in [0.2, 0.25) is 5.91 Å². The number of rotatable bonds is 6. The van der Waals surface area contributed by atoms with Crippen molar-refractivity contribution in [3.8, 4) is 5.75 Å². The maximum Gasteiger partial charge on any atom is 0.230 e. The maximum atomic E-state index is 12.3. The fourth-order valence-electron chi connectivity index (χ4n) is 2.67. The van der Waals surface area contributed by atoms with Gasteiger partial charge in [0.05, 0.1) is 11.4 Å². The Morgan fingerprint density at radius 2 is 1.89 bits per heavy atom. The van der Waals surface area contributed by atoms with E-state index < -0.39 is 0 Å². The predicted molar refractivity (Wildman–Crippen MR) is 112 cm³/mol. The standard InChI is InChI=1S/C20H18Cl2N2O2S/c1-3-14-6-4-5-7-19(14)24(13(2)25)20-23-17(12-27-20)11-26-18-9-15(21)8-16(22)10-18/h4-10,12H,3,11H2,1-2H3. The highest BCUT2D eigenvalue weighted by molar-refractivity contribution is 7.14. The molecule has 3 aromatic rings. The quantitative estimate of drug-likeness (QED) is 0.471. The van der Waals surface area contributed by atoms with Crippen molar-refractivity contribution >= 4 is 51.3 Å². The van der Waals surface area contributed by atoms with E-state index in [0.29, 0.717) is 20.9 Å². The summed E-state index contributed by atoms with van der Waals surface area (Å²) >= 11 is 13.4. The number of amides is 1. The molecule has 0 unspecified atom stereocenters. The van der Waals surface area contributed by atoms with E-state index in [1.165, 1.54) is 18.3 Å². The van der Waals surface area contributed by atoms with Crippen LogP contribution in [-0.4, -0.2) is 10.9 Å². The molecule has 7 heteroatoms. The van der Waals surface area contributed by atoms with Crippen molar-refractivity contribution in [2.45, 2.75) is 26.9 Å². The van der Waals surface area contributed by atoms with Gasteiger partial charge in [-0.2, -0.15) is 0 Å². The van der Waals surface area contributed by atoms with E-state index in [0.717, 1.165) is 23.4 Å². The van der Waals surface area contributed by atoms with Gasteiger partial charge in [-0.3, -0.25) is 9.69 Å². The first-order valence-corrected chi connectivity index (χ1v) is 10.0. The molecule has 0 bridgehead atoms. The second-order valence-corrected chi connectivity index (χ2v) is 7.56. The summed E-state index contributed by atoms with van der Waals surface area (Å²) in [6.07, 6.45) is 0.830. The van der Waals surface area contributed by atoms with Gasteiger partial charge in [-0.1, -0.05) is 48.3 Å². The Labute approximate surface area is 172 Å². The maximum absolute atomic E-state index is 12.3. The normalized spacial score (nSPS) is 10.7. The number of halogens is 2. The first kappa shape index (κ1) is 19.7. The molecule has 0 atom stereocenters. The van der Waals surface area contributed by atoms with E-state index in [1.807, 2.05) is 29.6 Å². The summed E-state index contributed by atoms with van der Waals surface area (Å²) < 4.78 is 5.73. The first-order chi connectivity index (χ1) is 13.0. The van der Waals surface area contributed by atoms with Gasteiger partial charge in [-0.25, -0.2) is 4.98 Å². The van der Waals surface area contributed by atoms with Crippen molar-refractivity contribution in [3.05, 3.63) is 69.1 Å². The Kier molecular flexibility index (Phi) is 6.37. The molecule has 2 aromatic carbocycles. The zero-order chi connectivity index (χ0) is 19.4. The van der Waals surface area contributed by atoms with Gasteiger partial charge in [0.1, 0.15) is 12.4 Å². The van der Waals surface area contributed by atoms with Crippen LogP contribution in [0.25, 0.3) is 0 Å². The molecule has 1 heterocycles. The van der Waals surface area contributed by atoms with Crippen molar-refractivity contribution < 1.29 is 9.53 Å². The predicted octanol–water partition coefficient (Wildman–Crippen LogP) is 6.28. The largest absolute Gasteiger partial charge is 0.487 e. The van der Waals surface area contributed by atoms with Crippen molar-refractivity contribution in [1.29, 1.82) is 0 Å². The van der Waals surface area contributed by atoms with Gasteiger partial charge >= 0.3 is 0 Å². The number of hydrogen-bond donors (Lipinski definition) is 0. The summed E-state index contributed by atoms with van der Waals surface area (Å²) in [4.78, 5) is 18.5. The number of carbonyl (C=O) groups is 1. The van der Waals surface area contributed by atoms with Crippen LogP contribution in [-0.2, 0) is 17.8 Å². The summed E-state index contributed by atoms with van der Waals surface area (Å²) in [6.45, 7) is 3.86. The van der Waals surface area contributed by atoms with Crippen LogP contribution in [0.5, 0.6) is 5.75 Å². The minimum Gasteiger partial charge on any atom is -0.487 e. The molecule has 0 aliphatic carbocycles. The molecular weight excluding hydrogens is 403 g/mol. The number of aromatic nitrogens is 1. The van der Waals surface area contributed by atoms with Crippen LogP contribution >= 0.6 is 34.5 Å². The zero-order valence-electron chi connectivity index (χ0n) is 14.9. The van der Waals surface area contributed by atoms with Gasteiger partial charge in [-0.15, -0.1) is 11.3 Å². The molecule has 0 fully saturated rings. The molecule has 1 amide bonds. The van der Waals surface area contributed by atoms with E-state index in [-0.39, 0.29) is 12.5 Å². The number of ether oxygens (including phenoxy) is 1. The Hall–Kier alpha value is -2.08. The molecule has 0 aliphatic rings. The summed E-state index contributed by atoms with van der Waals surface area (Å²) in [5.41, 5.74) is 2.68. The summed E-state index contributed by atoms with van der Waals surface area (Å²) in [5.74, 6) is 0.487. The molecule has 27 heavy (non-hydrogen) atoms. The molecule has 3 rings (SSSR count). The number of thiazole rings is 1. The Morgan fingerprint density at radius 3 is 2.56 bits per heavy atom. The lowest BCUT2D eigenvalue weighted by molar-refractivity contribution is -0.115. The fraction of sp³-hybridized carbons (Fsp3) is 0.200. The van der Waals surface area contributed by atoms with Gasteiger partial charge in [-0.05, 0) is 36.2 Å². The van der Waals surface area contributed by atoms with Gasteiger partial charge in [0, 0.05) is 22.3 Å². The Morgan fingerprint density at radius 1 is 1.19 bits per heavy atom. The highest BCUT2D eigenvalue weighted by Gasteiger charge is 2.20. The van der Waals surface area contributed by atoms with Gasteiger partial charge < -0.3 is 4.74 Å². The lowest BCUT2D eigenvalue weighted by atomic mass is 10.1. The molecule has 0 saturated carbocycles. The molecule has 4 nitrogen and oxygen atoms in total. The smallest absolute Gasteiger partial charge is 0.230 e. The van der Waals surface area contributed by atoms with E-state index in [9.17, 15) is 4.79 Å². The number of carbonyl (C=O) groups excluding carboxylic acids is 1. The lowest BCUT2D eigenvalue weighted by Crippen LogP contribution is -2.23. The molecule has 0 saturated heterocycles. The number of para-hydroxylation sites is 1. The van der Waals surface area contributed by atoms with Crippen LogP contribution in [0.2, 0.25) is 10.0 Å². The Bertz CT molecular complexity index is 938. The van der Waals surface area contributed by atoms with Crippen molar-refractivity contribution in [2.75, 3.05) is 4.90 Å². The van der Waals surface area contributed by atoms with Crippen molar-refractivity contribution in [2.24, 2.45) is 0 Å². The summed E-state index contributed by atoms with van der Waals surface area (Å²) in [5, 5.41) is 3.52. The summed E-state index contributed by atoms with van der Waals surface area (Å²) in [6, 6.07) is 12.9. The highest BCUT2D eigenvalue weighted by atomic mass is 35.5. The van der Waals surface area contributed by atoms with Crippen LogP contribution < -0.4 is 9.64 Å². The van der Waals surface area contributed by atoms with Crippen LogP contribution in [0.15, 0.2) is 47.8 Å². The second kappa shape index (κ2) is 8.74. The van der Waals surface area contributed by atoms with E-state index in [1.54, 1.807) is 23.1 Å². The molecule has 0 N–H and O–H groups in total. The minimum atomic E-state index is -0.0839. The average molecular weight is 421 g/mol. The number of hydrogen-bond acceptors (Lipinski definition) is 4. The molecule has 0 spiro atoms. The van der Waals surface area contributed by atoms with Gasteiger partial charge in [0.25, 0.3) is 0 Å².